The summed E-state index contributed by atoms with van der Waals surface area (Å²) >= 11 is 6.02. The lowest BCUT2D eigenvalue weighted by molar-refractivity contribution is 1.19. The summed E-state index contributed by atoms with van der Waals surface area (Å²) in [4.78, 5) is 0. The number of nitrogens with zero attached hydrogens (tertiary/aromatic N) is 2. The molecule has 3 heteroatoms. The fourth-order valence-electron chi connectivity index (χ4n) is 1.60. The molecular formula is C14H13ClN2. The monoisotopic (exact) mass is 244 g/mol. The average molecular weight is 245 g/mol. The van der Waals surface area contributed by atoms with Gasteiger partial charge >= 0.3 is 0 Å². The molecule has 0 atom stereocenters. The van der Waals surface area contributed by atoms with E-state index >= 15 is 0 Å². The van der Waals surface area contributed by atoms with E-state index in [9.17, 15) is 0 Å². The molecule has 0 aliphatic heterocycles. The van der Waals surface area contributed by atoms with Gasteiger partial charge in [0.2, 0.25) is 0 Å². The Labute approximate surface area is 106 Å². The minimum atomic E-state index is 0.613. The molecular weight excluding hydrogens is 232 g/mol. The van der Waals surface area contributed by atoms with Crippen molar-refractivity contribution >= 4 is 23.0 Å². The van der Waals surface area contributed by atoms with Crippen LogP contribution in [0.3, 0.4) is 0 Å². The zero-order chi connectivity index (χ0) is 12.3. The molecule has 17 heavy (non-hydrogen) atoms. The van der Waals surface area contributed by atoms with Crippen LogP contribution in [-0.2, 0) is 0 Å². The molecule has 0 aromatic heterocycles. The van der Waals surface area contributed by atoms with Gasteiger partial charge in [-0.3, -0.25) is 0 Å². The van der Waals surface area contributed by atoms with Crippen LogP contribution in [0.15, 0.2) is 52.7 Å². The molecule has 2 rings (SSSR count). The van der Waals surface area contributed by atoms with E-state index in [1.165, 1.54) is 0 Å². The zero-order valence-corrected chi connectivity index (χ0v) is 10.6. The van der Waals surface area contributed by atoms with Crippen molar-refractivity contribution < 1.29 is 0 Å². The molecule has 0 aliphatic rings. The third-order valence-electron chi connectivity index (χ3n) is 2.55. The second-order valence-electron chi connectivity index (χ2n) is 3.89. The molecule has 0 heterocycles. The van der Waals surface area contributed by atoms with E-state index < -0.39 is 0 Å². The molecule has 0 saturated heterocycles. The Morgan fingerprint density at radius 2 is 1.47 bits per heavy atom. The fourth-order valence-corrected chi connectivity index (χ4v) is 1.77. The molecule has 0 amide bonds. The van der Waals surface area contributed by atoms with Crippen LogP contribution in [0.1, 0.15) is 11.1 Å². The van der Waals surface area contributed by atoms with Gasteiger partial charge in [-0.2, -0.15) is 0 Å². The maximum Gasteiger partial charge on any atom is 0.104 e. The number of hydrogen-bond acceptors (Lipinski definition) is 2. The van der Waals surface area contributed by atoms with Crippen LogP contribution in [0.25, 0.3) is 0 Å². The predicted molar refractivity (Wildman–Crippen MR) is 71.5 cm³/mol. The molecule has 2 nitrogen and oxygen atoms in total. The normalized spacial score (nSPS) is 11.0. The van der Waals surface area contributed by atoms with Gasteiger partial charge in [0.1, 0.15) is 5.69 Å². The highest BCUT2D eigenvalue weighted by molar-refractivity contribution is 6.32. The largest absolute Gasteiger partial charge is 0.150 e. The summed E-state index contributed by atoms with van der Waals surface area (Å²) in [5.74, 6) is 0. The highest BCUT2D eigenvalue weighted by atomic mass is 35.5. The van der Waals surface area contributed by atoms with Crippen molar-refractivity contribution in [2.75, 3.05) is 0 Å². The third-order valence-corrected chi connectivity index (χ3v) is 2.87. The second-order valence-corrected chi connectivity index (χ2v) is 4.30. The van der Waals surface area contributed by atoms with E-state index in [4.69, 9.17) is 11.6 Å². The smallest absolute Gasteiger partial charge is 0.104 e. The second kappa shape index (κ2) is 5.11. The van der Waals surface area contributed by atoms with Crippen LogP contribution >= 0.6 is 11.6 Å². The highest BCUT2D eigenvalue weighted by Crippen LogP contribution is 2.28. The summed E-state index contributed by atoms with van der Waals surface area (Å²) in [6.07, 6.45) is 0. The maximum absolute atomic E-state index is 6.02. The van der Waals surface area contributed by atoms with E-state index in [0.717, 1.165) is 16.8 Å². The molecule has 0 bridgehead atoms. The van der Waals surface area contributed by atoms with E-state index in [1.807, 2.05) is 50.2 Å². The molecule has 0 spiro atoms. The van der Waals surface area contributed by atoms with Crippen LogP contribution in [0, 0.1) is 13.8 Å². The van der Waals surface area contributed by atoms with Gasteiger partial charge in [0.15, 0.2) is 0 Å². The Balaban J connectivity index is 2.36. The first-order valence-electron chi connectivity index (χ1n) is 5.41. The van der Waals surface area contributed by atoms with Gasteiger partial charge in [-0.1, -0.05) is 41.9 Å². The number of aryl methyl sites for hydroxylation is 2. The molecule has 0 fully saturated rings. The fraction of sp³-hybridized carbons (Fsp3) is 0.143. The van der Waals surface area contributed by atoms with E-state index in [2.05, 4.69) is 10.2 Å². The van der Waals surface area contributed by atoms with Crippen molar-refractivity contribution in [2.24, 2.45) is 10.2 Å². The van der Waals surface area contributed by atoms with Crippen molar-refractivity contribution in [1.82, 2.24) is 0 Å². The molecule has 86 valence electrons. The van der Waals surface area contributed by atoms with Crippen LogP contribution in [0.5, 0.6) is 0 Å². The van der Waals surface area contributed by atoms with Gasteiger partial charge in [0, 0.05) is 0 Å². The van der Waals surface area contributed by atoms with Gasteiger partial charge in [0.25, 0.3) is 0 Å². The summed E-state index contributed by atoms with van der Waals surface area (Å²) < 4.78 is 0. The highest BCUT2D eigenvalue weighted by Gasteiger charge is 2.01. The molecule has 2 aromatic rings. The number of hydrogen-bond donors (Lipinski definition) is 0. The third kappa shape index (κ3) is 2.71. The standard InChI is InChI=1S/C14H13ClN2/c1-10-6-5-7-11(2)14(10)17-16-13-9-4-3-8-12(13)15/h3-9H,1-2H3. The lowest BCUT2D eigenvalue weighted by Crippen LogP contribution is -1.78. The van der Waals surface area contributed by atoms with E-state index in [0.29, 0.717) is 10.7 Å². The Morgan fingerprint density at radius 1 is 0.824 bits per heavy atom. The summed E-state index contributed by atoms with van der Waals surface area (Å²) in [5.41, 5.74) is 3.82. The van der Waals surface area contributed by atoms with Crippen LogP contribution in [-0.4, -0.2) is 0 Å². The SMILES string of the molecule is Cc1cccc(C)c1N=Nc1ccccc1Cl. The first-order chi connectivity index (χ1) is 8.18. The van der Waals surface area contributed by atoms with Crippen molar-refractivity contribution in [2.45, 2.75) is 13.8 Å². The minimum absolute atomic E-state index is 0.613. The maximum atomic E-state index is 6.02. The van der Waals surface area contributed by atoms with Gasteiger partial charge in [-0.25, -0.2) is 0 Å². The summed E-state index contributed by atoms with van der Waals surface area (Å²) in [5, 5.41) is 9.08. The van der Waals surface area contributed by atoms with Crippen LogP contribution in [0.4, 0.5) is 11.4 Å². The van der Waals surface area contributed by atoms with Crippen molar-refractivity contribution in [3.8, 4) is 0 Å². The molecule has 2 aromatic carbocycles. The van der Waals surface area contributed by atoms with E-state index in [-0.39, 0.29) is 0 Å². The Bertz CT molecular complexity index is 542. The molecule has 0 unspecified atom stereocenters. The lowest BCUT2D eigenvalue weighted by atomic mass is 10.1. The molecule has 0 N–H and O–H groups in total. The van der Waals surface area contributed by atoms with Crippen LogP contribution < -0.4 is 0 Å². The minimum Gasteiger partial charge on any atom is -0.150 e. The first kappa shape index (κ1) is 11.8. The van der Waals surface area contributed by atoms with Gasteiger partial charge in [0.05, 0.1) is 10.7 Å². The zero-order valence-electron chi connectivity index (χ0n) is 9.81. The Kier molecular flexibility index (Phi) is 3.55. The van der Waals surface area contributed by atoms with E-state index in [1.54, 1.807) is 6.07 Å². The topological polar surface area (TPSA) is 24.7 Å². The van der Waals surface area contributed by atoms with Gasteiger partial charge in [-0.15, -0.1) is 10.2 Å². The number of benzene rings is 2. The Hall–Kier alpha value is -1.67. The summed E-state index contributed by atoms with van der Waals surface area (Å²) in [7, 11) is 0. The number of azo groups is 1. The quantitative estimate of drug-likeness (QED) is 0.635. The average Bonchev–Trinajstić information content (AvgIpc) is 2.30. The molecule has 0 saturated carbocycles. The summed E-state index contributed by atoms with van der Waals surface area (Å²) in [6, 6.07) is 13.5. The van der Waals surface area contributed by atoms with Gasteiger partial charge in [-0.05, 0) is 37.1 Å². The van der Waals surface area contributed by atoms with Crippen molar-refractivity contribution in [1.29, 1.82) is 0 Å². The van der Waals surface area contributed by atoms with Crippen molar-refractivity contribution in [3.05, 3.63) is 58.6 Å². The number of rotatable bonds is 2. The first-order valence-corrected chi connectivity index (χ1v) is 5.79. The lowest BCUT2D eigenvalue weighted by Gasteiger charge is -2.02. The molecule has 0 radical (unpaired) electrons. The van der Waals surface area contributed by atoms with Crippen molar-refractivity contribution in [3.63, 3.8) is 0 Å². The van der Waals surface area contributed by atoms with Crippen LogP contribution in [0.2, 0.25) is 5.02 Å². The molecule has 0 aliphatic carbocycles. The Morgan fingerprint density at radius 3 is 2.12 bits per heavy atom. The number of halogens is 1. The predicted octanol–water partition coefficient (Wildman–Crippen LogP) is 5.37. The van der Waals surface area contributed by atoms with Gasteiger partial charge < -0.3 is 0 Å². The summed E-state index contributed by atoms with van der Waals surface area (Å²) in [6.45, 7) is 4.04.